The molecule has 5 rings (SSSR count). The van der Waals surface area contributed by atoms with Gasteiger partial charge in [-0.2, -0.15) is 0 Å². The number of benzene rings is 3. The number of likely N-dealkylation sites (tertiary alicyclic amines) is 1. The predicted octanol–water partition coefficient (Wildman–Crippen LogP) is 5.89. The van der Waals surface area contributed by atoms with Crippen molar-refractivity contribution >= 4 is 11.7 Å². The summed E-state index contributed by atoms with van der Waals surface area (Å²) in [6.07, 6.45) is 2.65. The standard InChI is InChI=1S/C29H25FN2O4/c1-35-21-12-10-19(11-13-21)27(33)20-14-16-32(17-15-20)29(34)23-7-3-2-6-22(23)28-31-18-26(36-28)24-8-4-5-9-25(24)30/h2-13,18,20H,14-17H2,1H3. The second-order valence-electron chi connectivity index (χ2n) is 8.71. The number of amides is 1. The number of hydrogen-bond donors (Lipinski definition) is 0. The van der Waals surface area contributed by atoms with E-state index < -0.39 is 5.82 Å². The topological polar surface area (TPSA) is 72.6 Å². The third-order valence-corrected chi connectivity index (χ3v) is 6.56. The van der Waals surface area contributed by atoms with Crippen molar-refractivity contribution in [3.8, 4) is 28.5 Å². The van der Waals surface area contributed by atoms with Crippen molar-refractivity contribution in [1.82, 2.24) is 9.88 Å². The molecule has 1 fully saturated rings. The number of aromatic nitrogens is 1. The second kappa shape index (κ2) is 10.2. The smallest absolute Gasteiger partial charge is 0.254 e. The highest BCUT2D eigenvalue weighted by atomic mass is 19.1. The van der Waals surface area contributed by atoms with Gasteiger partial charge < -0.3 is 14.1 Å². The van der Waals surface area contributed by atoms with Gasteiger partial charge in [0.05, 0.1) is 24.4 Å². The van der Waals surface area contributed by atoms with Crippen LogP contribution in [-0.2, 0) is 0 Å². The second-order valence-corrected chi connectivity index (χ2v) is 8.71. The van der Waals surface area contributed by atoms with E-state index >= 15 is 0 Å². The summed E-state index contributed by atoms with van der Waals surface area (Å²) in [7, 11) is 1.59. The fourth-order valence-corrected chi connectivity index (χ4v) is 4.55. The predicted molar refractivity (Wildman–Crippen MR) is 133 cm³/mol. The van der Waals surface area contributed by atoms with Crippen molar-refractivity contribution in [3.63, 3.8) is 0 Å². The van der Waals surface area contributed by atoms with Crippen LogP contribution in [0.4, 0.5) is 4.39 Å². The van der Waals surface area contributed by atoms with Crippen molar-refractivity contribution in [3.05, 3.63) is 95.9 Å². The highest BCUT2D eigenvalue weighted by Gasteiger charge is 2.30. The number of halogens is 1. The lowest BCUT2D eigenvalue weighted by Gasteiger charge is -2.31. The molecular weight excluding hydrogens is 459 g/mol. The number of ether oxygens (including phenoxy) is 1. The molecule has 0 spiro atoms. The number of methoxy groups -OCH3 is 1. The summed E-state index contributed by atoms with van der Waals surface area (Å²) in [5.41, 5.74) is 1.96. The van der Waals surface area contributed by atoms with E-state index in [1.165, 1.54) is 12.3 Å². The van der Waals surface area contributed by atoms with Crippen LogP contribution in [-0.4, -0.2) is 41.8 Å². The lowest BCUT2D eigenvalue weighted by atomic mass is 9.88. The van der Waals surface area contributed by atoms with E-state index in [1.54, 1.807) is 78.7 Å². The van der Waals surface area contributed by atoms with Crippen LogP contribution in [0.25, 0.3) is 22.8 Å². The number of hydrogen-bond acceptors (Lipinski definition) is 5. The molecule has 3 aromatic carbocycles. The molecule has 0 aliphatic carbocycles. The van der Waals surface area contributed by atoms with E-state index in [9.17, 15) is 14.0 Å². The molecule has 2 heterocycles. The molecule has 6 nitrogen and oxygen atoms in total. The van der Waals surface area contributed by atoms with Gasteiger partial charge in [-0.3, -0.25) is 9.59 Å². The monoisotopic (exact) mass is 484 g/mol. The summed E-state index contributed by atoms with van der Waals surface area (Å²) in [5.74, 6) is 0.657. The van der Waals surface area contributed by atoms with Crippen LogP contribution in [0.5, 0.6) is 5.75 Å². The Labute approximate surface area is 208 Å². The zero-order chi connectivity index (χ0) is 25.1. The quantitative estimate of drug-likeness (QED) is 0.319. The van der Waals surface area contributed by atoms with Crippen LogP contribution < -0.4 is 4.74 Å². The van der Waals surface area contributed by atoms with Crippen molar-refractivity contribution in [1.29, 1.82) is 0 Å². The van der Waals surface area contributed by atoms with Gasteiger partial charge in [-0.05, 0) is 61.4 Å². The van der Waals surface area contributed by atoms with E-state index in [4.69, 9.17) is 9.15 Å². The summed E-state index contributed by atoms with van der Waals surface area (Å²) in [5, 5.41) is 0. The van der Waals surface area contributed by atoms with Gasteiger partial charge in [-0.15, -0.1) is 0 Å². The Morgan fingerprint density at radius 1 is 0.944 bits per heavy atom. The van der Waals surface area contributed by atoms with E-state index in [0.29, 0.717) is 59.7 Å². The minimum absolute atomic E-state index is 0.0885. The molecule has 1 amide bonds. The maximum Gasteiger partial charge on any atom is 0.254 e. The van der Waals surface area contributed by atoms with Crippen molar-refractivity contribution in [2.45, 2.75) is 12.8 Å². The fourth-order valence-electron chi connectivity index (χ4n) is 4.55. The highest BCUT2D eigenvalue weighted by Crippen LogP contribution is 2.31. The summed E-state index contributed by atoms with van der Waals surface area (Å²) >= 11 is 0. The molecule has 4 aromatic rings. The van der Waals surface area contributed by atoms with Crippen LogP contribution >= 0.6 is 0 Å². The zero-order valence-corrected chi connectivity index (χ0v) is 19.8. The third-order valence-electron chi connectivity index (χ3n) is 6.56. The number of carbonyl (C=O) groups excluding carboxylic acids is 2. The average Bonchev–Trinajstić information content (AvgIpc) is 3.42. The number of nitrogens with zero attached hydrogens (tertiary/aromatic N) is 2. The first-order valence-electron chi connectivity index (χ1n) is 11.8. The molecule has 1 aliphatic rings. The molecule has 0 radical (unpaired) electrons. The molecule has 0 bridgehead atoms. The molecule has 0 atom stereocenters. The Bertz CT molecular complexity index is 1390. The fraction of sp³-hybridized carbons (Fsp3) is 0.207. The number of ketones is 1. The summed E-state index contributed by atoms with van der Waals surface area (Å²) in [6, 6.07) is 20.5. The molecule has 36 heavy (non-hydrogen) atoms. The maximum absolute atomic E-state index is 14.2. The van der Waals surface area contributed by atoms with Crippen LogP contribution in [0.1, 0.15) is 33.6 Å². The van der Waals surface area contributed by atoms with Gasteiger partial charge in [-0.1, -0.05) is 24.3 Å². The molecular formula is C29H25FN2O4. The Morgan fingerprint density at radius 3 is 2.31 bits per heavy atom. The van der Waals surface area contributed by atoms with Gasteiger partial charge in [0.1, 0.15) is 11.6 Å². The Kier molecular flexibility index (Phi) is 6.62. The Morgan fingerprint density at radius 2 is 1.61 bits per heavy atom. The summed E-state index contributed by atoms with van der Waals surface area (Å²) < 4.78 is 25.2. The van der Waals surface area contributed by atoms with Gasteiger partial charge in [0.25, 0.3) is 5.91 Å². The largest absolute Gasteiger partial charge is 0.497 e. The molecule has 0 saturated carbocycles. The van der Waals surface area contributed by atoms with E-state index in [1.807, 2.05) is 0 Å². The average molecular weight is 485 g/mol. The van der Waals surface area contributed by atoms with Gasteiger partial charge in [0, 0.05) is 30.1 Å². The number of oxazole rings is 1. The Hall–Kier alpha value is -4.26. The minimum Gasteiger partial charge on any atom is -0.497 e. The molecule has 0 N–H and O–H groups in total. The number of Topliss-reactive ketones (excluding diaryl/α,β-unsaturated/α-hetero) is 1. The number of carbonyl (C=O) groups is 2. The zero-order valence-electron chi connectivity index (χ0n) is 19.8. The maximum atomic E-state index is 14.2. The third kappa shape index (κ3) is 4.64. The Balaban J connectivity index is 1.30. The first-order chi connectivity index (χ1) is 17.5. The van der Waals surface area contributed by atoms with Gasteiger partial charge in [-0.25, -0.2) is 9.37 Å². The van der Waals surface area contributed by atoms with Crippen LogP contribution in [0.15, 0.2) is 83.4 Å². The summed E-state index contributed by atoms with van der Waals surface area (Å²) in [6.45, 7) is 0.956. The molecule has 1 aromatic heterocycles. The molecule has 1 saturated heterocycles. The van der Waals surface area contributed by atoms with Crippen LogP contribution in [0.2, 0.25) is 0 Å². The first kappa shape index (κ1) is 23.5. The van der Waals surface area contributed by atoms with E-state index in [0.717, 1.165) is 0 Å². The van der Waals surface area contributed by atoms with Gasteiger partial charge >= 0.3 is 0 Å². The highest BCUT2D eigenvalue weighted by molar-refractivity contribution is 6.01. The molecule has 182 valence electrons. The van der Waals surface area contributed by atoms with Crippen molar-refractivity contribution in [2.75, 3.05) is 20.2 Å². The lowest BCUT2D eigenvalue weighted by molar-refractivity contribution is 0.0651. The van der Waals surface area contributed by atoms with E-state index in [-0.39, 0.29) is 23.5 Å². The summed E-state index contributed by atoms with van der Waals surface area (Å²) in [4.78, 5) is 32.5. The number of rotatable bonds is 6. The lowest BCUT2D eigenvalue weighted by Crippen LogP contribution is -2.40. The van der Waals surface area contributed by atoms with Crippen molar-refractivity contribution in [2.24, 2.45) is 5.92 Å². The molecule has 0 unspecified atom stereocenters. The first-order valence-corrected chi connectivity index (χ1v) is 11.8. The normalized spacial score (nSPS) is 14.0. The van der Waals surface area contributed by atoms with E-state index in [2.05, 4.69) is 4.98 Å². The van der Waals surface area contributed by atoms with Gasteiger partial charge in [0.15, 0.2) is 11.5 Å². The van der Waals surface area contributed by atoms with Gasteiger partial charge in [0.2, 0.25) is 5.89 Å². The minimum atomic E-state index is -0.406. The van der Waals surface area contributed by atoms with Crippen LogP contribution in [0.3, 0.4) is 0 Å². The molecule has 7 heteroatoms. The van der Waals surface area contributed by atoms with Crippen molar-refractivity contribution < 1.29 is 23.1 Å². The number of piperidine rings is 1. The SMILES string of the molecule is COc1ccc(C(=O)C2CCN(C(=O)c3ccccc3-c3ncc(-c4ccccc4F)o3)CC2)cc1. The van der Waals surface area contributed by atoms with Crippen LogP contribution in [0, 0.1) is 11.7 Å². The molecule has 1 aliphatic heterocycles.